The highest BCUT2D eigenvalue weighted by Gasteiger charge is 2.36. The van der Waals surface area contributed by atoms with E-state index in [2.05, 4.69) is 51.8 Å². The lowest BCUT2D eigenvalue weighted by Crippen LogP contribution is -2.38. The summed E-state index contributed by atoms with van der Waals surface area (Å²) in [6, 6.07) is 0. The third kappa shape index (κ3) is 6.29. The van der Waals surface area contributed by atoms with E-state index in [1.54, 1.807) is 0 Å². The number of ether oxygens (including phenoxy) is 1. The highest BCUT2D eigenvalue weighted by atomic mass is 79.9. The molecule has 13 heteroatoms. The Bertz CT molecular complexity index is 1600. The van der Waals surface area contributed by atoms with E-state index in [0.29, 0.717) is 53.8 Å². The fraction of sp³-hybridized carbons (Fsp3) is 0.581. The molecule has 6 rings (SSSR count). The molecule has 1 saturated heterocycles. The van der Waals surface area contributed by atoms with Crippen LogP contribution < -0.4 is 5.73 Å². The average Bonchev–Trinajstić information content (AvgIpc) is 3.63. The number of fused-ring (bicyclic) bond motifs is 1. The number of likely N-dealkylation sites (tertiary alicyclic amines) is 1. The van der Waals surface area contributed by atoms with Crippen molar-refractivity contribution in [2.45, 2.75) is 89.5 Å². The van der Waals surface area contributed by atoms with E-state index in [1.807, 2.05) is 22.0 Å². The van der Waals surface area contributed by atoms with Gasteiger partial charge in [0.1, 0.15) is 23.5 Å². The molecule has 1 aliphatic heterocycles. The van der Waals surface area contributed by atoms with Crippen LogP contribution in [0, 0.1) is 0 Å². The van der Waals surface area contributed by atoms with E-state index in [4.69, 9.17) is 30.1 Å². The number of carbonyl (C=O) groups is 1. The number of halogens is 1. The summed E-state index contributed by atoms with van der Waals surface area (Å²) in [7, 11) is 0. The normalized spacial score (nSPS) is 16.1. The molecule has 2 fully saturated rings. The number of alkyl halides is 1. The van der Waals surface area contributed by atoms with Gasteiger partial charge in [-0.15, -0.1) is 0 Å². The zero-order valence-corrected chi connectivity index (χ0v) is 27.2. The Hall–Kier alpha value is -3.61. The molecule has 0 radical (unpaired) electrons. The summed E-state index contributed by atoms with van der Waals surface area (Å²) >= 11 is 3.45. The highest BCUT2D eigenvalue weighted by molar-refractivity contribution is 9.09. The molecule has 0 unspecified atom stereocenters. The van der Waals surface area contributed by atoms with Crippen molar-refractivity contribution in [2.75, 3.05) is 30.8 Å². The standard InChI is InChI=1S/C31H40BrN9O3/c1-31(2,3)41-29-23(27(33)36-18-37-29)24(38-41)25-22(26(44-39-25)20-8-9-20)28-34-16-21(17-35-28)19-10-13-40(14-11-19)30(42)43-15-7-5-4-6-12-32/h16-20H,4-15H2,1-3H3,(H2,33,36,37). The van der Waals surface area contributed by atoms with Gasteiger partial charge in [0.15, 0.2) is 17.2 Å². The molecule has 12 nitrogen and oxygen atoms in total. The quantitative estimate of drug-likeness (QED) is 0.148. The number of unbranched alkanes of at least 4 members (excludes halogenated alkanes) is 3. The van der Waals surface area contributed by atoms with Crippen LogP contribution in [0.15, 0.2) is 23.2 Å². The van der Waals surface area contributed by atoms with Gasteiger partial charge in [-0.2, -0.15) is 5.10 Å². The van der Waals surface area contributed by atoms with Crippen molar-refractivity contribution >= 4 is 38.9 Å². The van der Waals surface area contributed by atoms with Crippen molar-refractivity contribution in [3.63, 3.8) is 0 Å². The molecule has 1 aliphatic carbocycles. The Kier molecular flexibility index (Phi) is 8.84. The Morgan fingerprint density at radius 2 is 1.73 bits per heavy atom. The zero-order chi connectivity index (χ0) is 30.8. The van der Waals surface area contributed by atoms with Crippen LogP contribution in [-0.4, -0.2) is 70.9 Å². The van der Waals surface area contributed by atoms with Crippen LogP contribution in [0.4, 0.5) is 10.6 Å². The second kappa shape index (κ2) is 12.8. The van der Waals surface area contributed by atoms with Gasteiger partial charge in [-0.05, 0) is 70.8 Å². The third-order valence-corrected chi connectivity index (χ3v) is 8.95. The number of amides is 1. The lowest BCUT2D eigenvalue weighted by atomic mass is 9.91. The molecule has 0 bridgehead atoms. The Balaban J connectivity index is 1.19. The van der Waals surface area contributed by atoms with Gasteiger partial charge < -0.3 is 19.9 Å². The van der Waals surface area contributed by atoms with Crippen molar-refractivity contribution in [3.05, 3.63) is 30.0 Å². The van der Waals surface area contributed by atoms with E-state index in [0.717, 1.165) is 73.6 Å². The molecular formula is C31H40BrN9O3. The first kappa shape index (κ1) is 30.4. The molecular weight excluding hydrogens is 626 g/mol. The van der Waals surface area contributed by atoms with Crippen molar-refractivity contribution in [1.29, 1.82) is 0 Å². The van der Waals surface area contributed by atoms with E-state index in [-0.39, 0.29) is 23.5 Å². The van der Waals surface area contributed by atoms with Gasteiger partial charge in [0, 0.05) is 36.7 Å². The van der Waals surface area contributed by atoms with Crippen LogP contribution in [-0.2, 0) is 10.3 Å². The van der Waals surface area contributed by atoms with Crippen molar-refractivity contribution < 1.29 is 14.1 Å². The first-order valence-corrected chi connectivity index (χ1v) is 16.7. The first-order valence-electron chi connectivity index (χ1n) is 15.6. The molecule has 0 atom stereocenters. The minimum atomic E-state index is -0.349. The molecule has 44 heavy (non-hydrogen) atoms. The molecule has 0 aromatic carbocycles. The van der Waals surface area contributed by atoms with Gasteiger partial charge in [0.05, 0.1) is 23.1 Å². The maximum Gasteiger partial charge on any atom is 0.409 e. The minimum absolute atomic E-state index is 0.212. The van der Waals surface area contributed by atoms with Gasteiger partial charge >= 0.3 is 6.09 Å². The molecule has 5 heterocycles. The summed E-state index contributed by atoms with van der Waals surface area (Å²) in [6.07, 6.45) is 13.0. The van der Waals surface area contributed by atoms with E-state index in [9.17, 15) is 4.79 Å². The van der Waals surface area contributed by atoms with Crippen LogP contribution in [0.1, 0.15) is 95.3 Å². The number of carbonyl (C=O) groups excluding carboxylic acids is 1. The summed E-state index contributed by atoms with van der Waals surface area (Å²) in [5, 5.41) is 11.1. The number of nitrogens with zero attached hydrogens (tertiary/aromatic N) is 8. The molecule has 0 spiro atoms. The molecule has 4 aromatic heterocycles. The van der Waals surface area contributed by atoms with Crippen LogP contribution >= 0.6 is 15.9 Å². The van der Waals surface area contributed by atoms with Gasteiger partial charge in [-0.25, -0.2) is 29.4 Å². The maximum absolute atomic E-state index is 12.5. The third-order valence-electron chi connectivity index (χ3n) is 8.39. The monoisotopic (exact) mass is 665 g/mol. The number of piperidine rings is 1. The molecule has 2 N–H and O–H groups in total. The number of nitrogen functional groups attached to an aromatic ring is 1. The van der Waals surface area contributed by atoms with Crippen LogP contribution in [0.25, 0.3) is 33.8 Å². The minimum Gasteiger partial charge on any atom is -0.449 e. The van der Waals surface area contributed by atoms with Crippen LogP contribution in [0.2, 0.25) is 0 Å². The summed E-state index contributed by atoms with van der Waals surface area (Å²) in [4.78, 5) is 32.7. The molecule has 4 aromatic rings. The van der Waals surface area contributed by atoms with E-state index in [1.165, 1.54) is 6.33 Å². The second-order valence-corrected chi connectivity index (χ2v) is 13.5. The number of rotatable bonds is 10. The molecule has 1 saturated carbocycles. The number of hydrogen-bond acceptors (Lipinski definition) is 10. The van der Waals surface area contributed by atoms with E-state index < -0.39 is 0 Å². The number of aromatic nitrogens is 7. The highest BCUT2D eigenvalue weighted by Crippen LogP contribution is 2.48. The molecule has 234 valence electrons. The first-order chi connectivity index (χ1) is 21.3. The van der Waals surface area contributed by atoms with Crippen LogP contribution in [0.5, 0.6) is 0 Å². The second-order valence-electron chi connectivity index (χ2n) is 12.8. The summed E-state index contributed by atoms with van der Waals surface area (Å²) < 4.78 is 13.3. The largest absolute Gasteiger partial charge is 0.449 e. The fourth-order valence-corrected chi connectivity index (χ4v) is 6.18. The van der Waals surface area contributed by atoms with Crippen molar-refractivity contribution in [2.24, 2.45) is 0 Å². The van der Waals surface area contributed by atoms with Gasteiger partial charge in [-0.1, -0.05) is 33.9 Å². The molecule has 2 aliphatic rings. The number of nitrogens with two attached hydrogens (primary N) is 1. The number of anilines is 1. The Morgan fingerprint density at radius 3 is 2.41 bits per heavy atom. The SMILES string of the molecule is CC(C)(C)n1nc(-c2noc(C3CC3)c2-c2ncc(C3CCN(C(=O)OCCCCCCBr)CC3)cn2)c2c(N)ncnc21. The zero-order valence-electron chi connectivity index (χ0n) is 25.6. The summed E-state index contributed by atoms with van der Waals surface area (Å²) in [5.41, 5.74) is 9.56. The van der Waals surface area contributed by atoms with Gasteiger partial charge in [0.25, 0.3) is 0 Å². The van der Waals surface area contributed by atoms with E-state index >= 15 is 0 Å². The molecule has 1 amide bonds. The van der Waals surface area contributed by atoms with Crippen molar-refractivity contribution in [3.8, 4) is 22.8 Å². The maximum atomic E-state index is 12.5. The predicted molar refractivity (Wildman–Crippen MR) is 170 cm³/mol. The summed E-state index contributed by atoms with van der Waals surface area (Å²) in [5.74, 6) is 2.19. The average molecular weight is 667 g/mol. The summed E-state index contributed by atoms with van der Waals surface area (Å²) in [6.45, 7) is 7.97. The number of hydrogen-bond donors (Lipinski definition) is 1. The van der Waals surface area contributed by atoms with Gasteiger partial charge in [-0.3, -0.25) is 0 Å². The predicted octanol–water partition coefficient (Wildman–Crippen LogP) is 6.42. The van der Waals surface area contributed by atoms with Crippen molar-refractivity contribution in [1.82, 2.24) is 39.8 Å². The smallest absolute Gasteiger partial charge is 0.409 e. The fourth-order valence-electron chi connectivity index (χ4n) is 5.79. The lowest BCUT2D eigenvalue weighted by molar-refractivity contribution is 0.0911. The Morgan fingerprint density at radius 1 is 1.00 bits per heavy atom. The van der Waals surface area contributed by atoms with Gasteiger partial charge in [0.2, 0.25) is 0 Å². The topological polar surface area (TPSA) is 151 Å². The lowest BCUT2D eigenvalue weighted by Gasteiger charge is -2.31. The van der Waals surface area contributed by atoms with Crippen LogP contribution in [0.3, 0.4) is 0 Å². The Labute approximate surface area is 265 Å².